The number of aromatic hydroxyl groups is 1. The van der Waals surface area contributed by atoms with Crippen LogP contribution < -0.4 is 5.56 Å². The van der Waals surface area contributed by atoms with E-state index < -0.39 is 7.60 Å². The molecule has 5 N–H and O–H groups in total. The molecule has 0 spiro atoms. The van der Waals surface area contributed by atoms with Crippen LogP contribution in [0.1, 0.15) is 5.56 Å². The molecule has 0 unspecified atom stereocenters. The summed E-state index contributed by atoms with van der Waals surface area (Å²) in [5, 5.41) is 9.60. The van der Waals surface area contributed by atoms with Crippen molar-refractivity contribution < 1.29 is 19.5 Å². The van der Waals surface area contributed by atoms with Gasteiger partial charge in [-0.05, 0) is 29.8 Å². The minimum atomic E-state index is -4.32. The molecule has 0 radical (unpaired) electrons. The molecule has 2 aromatic heterocycles. The second-order valence-electron chi connectivity index (χ2n) is 4.84. The van der Waals surface area contributed by atoms with Crippen molar-refractivity contribution in [1.29, 1.82) is 0 Å². The summed E-state index contributed by atoms with van der Waals surface area (Å²) >= 11 is 1.26. The van der Waals surface area contributed by atoms with Gasteiger partial charge in [-0.3, -0.25) is 9.36 Å². The average Bonchev–Trinajstić information content (AvgIpc) is 2.91. The van der Waals surface area contributed by atoms with Crippen molar-refractivity contribution in [1.82, 2.24) is 15.0 Å². The summed E-state index contributed by atoms with van der Waals surface area (Å²) in [6.07, 6.45) is 4.17. The van der Waals surface area contributed by atoms with E-state index in [-0.39, 0.29) is 11.3 Å². The summed E-state index contributed by atoms with van der Waals surface area (Å²) in [5.41, 5.74) is 0.967. The van der Waals surface area contributed by atoms with Gasteiger partial charge in [-0.1, -0.05) is 11.8 Å². The zero-order chi connectivity index (χ0) is 17.3. The summed E-state index contributed by atoms with van der Waals surface area (Å²) in [5.74, 6) is 0.738. The molecule has 2 heterocycles. The molecule has 0 saturated heterocycles. The maximum atomic E-state index is 11.7. The highest BCUT2D eigenvalue weighted by Gasteiger charge is 2.12. The van der Waals surface area contributed by atoms with E-state index in [0.717, 1.165) is 5.82 Å². The number of aromatic nitrogens is 3. The first-order valence-electron chi connectivity index (χ1n) is 6.63. The number of aromatic amines is 2. The smallest absolute Gasteiger partial charge is 0.349 e. The lowest BCUT2D eigenvalue weighted by Crippen LogP contribution is -2.05. The minimum absolute atomic E-state index is 0.0294. The Morgan fingerprint density at radius 2 is 2.00 bits per heavy atom. The lowest BCUT2D eigenvalue weighted by molar-refractivity contribution is 0.386. The average molecular weight is 365 g/mol. The molecule has 0 bridgehead atoms. The number of H-pyrrole nitrogens is 2. The van der Waals surface area contributed by atoms with Gasteiger partial charge in [-0.25, -0.2) is 4.98 Å². The number of nitrogens with one attached hydrogen (secondary N) is 2. The van der Waals surface area contributed by atoms with Crippen molar-refractivity contribution in [3.63, 3.8) is 0 Å². The van der Waals surface area contributed by atoms with Crippen molar-refractivity contribution in [3.8, 4) is 5.75 Å². The molecule has 3 rings (SSSR count). The Morgan fingerprint density at radius 3 is 2.75 bits per heavy atom. The SMILES string of the molecule is O=c1[nH]cnc2c(Sc3ccc(O)cc3/C=C/P(=O)(O)O)c[nH]c12. The quantitative estimate of drug-likeness (QED) is 0.447. The number of nitrogens with zero attached hydrogens (tertiary/aromatic N) is 1. The number of phenols is 1. The maximum Gasteiger partial charge on any atom is 0.349 e. The Morgan fingerprint density at radius 1 is 1.21 bits per heavy atom. The third kappa shape index (κ3) is 3.60. The Kier molecular flexibility index (Phi) is 4.33. The van der Waals surface area contributed by atoms with E-state index in [1.807, 2.05) is 0 Å². The van der Waals surface area contributed by atoms with Crippen molar-refractivity contribution >= 4 is 36.5 Å². The Hall–Kier alpha value is -2.32. The third-order valence-corrected chi connectivity index (χ3v) is 4.76. The maximum absolute atomic E-state index is 11.7. The molecule has 0 aliphatic rings. The van der Waals surface area contributed by atoms with Crippen molar-refractivity contribution in [2.45, 2.75) is 9.79 Å². The monoisotopic (exact) mass is 365 g/mol. The lowest BCUT2D eigenvalue weighted by atomic mass is 10.2. The first-order chi connectivity index (χ1) is 11.3. The van der Waals surface area contributed by atoms with Crippen LogP contribution in [0.5, 0.6) is 5.75 Å². The number of benzene rings is 1. The topological polar surface area (TPSA) is 139 Å². The van der Waals surface area contributed by atoms with E-state index in [4.69, 9.17) is 9.79 Å². The van der Waals surface area contributed by atoms with E-state index in [1.165, 1.54) is 36.3 Å². The van der Waals surface area contributed by atoms with Gasteiger partial charge in [-0.15, -0.1) is 0 Å². The van der Waals surface area contributed by atoms with Crippen LogP contribution in [-0.4, -0.2) is 29.8 Å². The van der Waals surface area contributed by atoms with Gasteiger partial charge in [0.2, 0.25) is 0 Å². The van der Waals surface area contributed by atoms with Crippen LogP contribution >= 0.6 is 19.4 Å². The largest absolute Gasteiger partial charge is 0.508 e. The molecule has 124 valence electrons. The molecule has 0 atom stereocenters. The van der Waals surface area contributed by atoms with Crippen LogP contribution in [0, 0.1) is 0 Å². The molecule has 10 heteroatoms. The molecular formula is C14H12N3O5PS. The normalized spacial score (nSPS) is 12.2. The fraction of sp³-hybridized carbons (Fsp3) is 0. The van der Waals surface area contributed by atoms with Crippen molar-refractivity contribution in [2.24, 2.45) is 0 Å². The zero-order valence-electron chi connectivity index (χ0n) is 12.0. The number of hydrogen-bond acceptors (Lipinski definition) is 5. The Bertz CT molecular complexity index is 1040. The predicted molar refractivity (Wildman–Crippen MR) is 90.0 cm³/mol. The number of rotatable bonds is 4. The van der Waals surface area contributed by atoms with Crippen LogP contribution in [0.2, 0.25) is 0 Å². The molecule has 0 aliphatic heterocycles. The number of phenolic OH excluding ortho intramolecular Hbond substituents is 1. The standard InChI is InChI=1S/C14H12N3O5PS/c18-9-1-2-10(8(5-9)3-4-23(20,21)22)24-11-6-15-13-12(11)16-7-17-14(13)19/h1-7,15,18H,(H,16,17,19)(H2,20,21,22)/b4-3+. The molecule has 1 aromatic carbocycles. The van der Waals surface area contributed by atoms with Crippen LogP contribution in [0.25, 0.3) is 17.1 Å². The minimum Gasteiger partial charge on any atom is -0.508 e. The van der Waals surface area contributed by atoms with E-state index in [2.05, 4.69) is 15.0 Å². The van der Waals surface area contributed by atoms with Gasteiger partial charge < -0.3 is 24.9 Å². The second kappa shape index (κ2) is 6.29. The lowest BCUT2D eigenvalue weighted by Gasteiger charge is -2.06. The van der Waals surface area contributed by atoms with Gasteiger partial charge in [0.15, 0.2) is 0 Å². The second-order valence-corrected chi connectivity index (χ2v) is 7.40. The molecule has 3 aromatic rings. The van der Waals surface area contributed by atoms with Crippen LogP contribution in [0.3, 0.4) is 0 Å². The molecule has 0 saturated carbocycles. The molecule has 0 amide bonds. The highest BCUT2D eigenvalue weighted by atomic mass is 32.2. The predicted octanol–water partition coefficient (Wildman–Crippen LogP) is 2.26. The highest BCUT2D eigenvalue weighted by molar-refractivity contribution is 7.99. The first-order valence-corrected chi connectivity index (χ1v) is 9.13. The summed E-state index contributed by atoms with van der Waals surface area (Å²) < 4.78 is 11.0. The third-order valence-electron chi connectivity index (χ3n) is 3.10. The summed E-state index contributed by atoms with van der Waals surface area (Å²) in [6.45, 7) is 0. The summed E-state index contributed by atoms with van der Waals surface area (Å²) in [6, 6.07) is 4.47. The van der Waals surface area contributed by atoms with E-state index in [9.17, 15) is 14.5 Å². The number of fused-ring (bicyclic) bond motifs is 1. The number of hydrogen-bond donors (Lipinski definition) is 5. The van der Waals surface area contributed by atoms with E-state index in [1.54, 1.807) is 12.3 Å². The fourth-order valence-electron chi connectivity index (χ4n) is 2.06. The fourth-order valence-corrected chi connectivity index (χ4v) is 3.40. The van der Waals surface area contributed by atoms with Crippen molar-refractivity contribution in [3.05, 3.63) is 52.5 Å². The molecule has 24 heavy (non-hydrogen) atoms. The summed E-state index contributed by atoms with van der Waals surface area (Å²) in [4.78, 5) is 40.4. The van der Waals surface area contributed by atoms with Crippen LogP contribution in [0.4, 0.5) is 0 Å². The van der Waals surface area contributed by atoms with Gasteiger partial charge in [0.05, 0.1) is 11.2 Å². The van der Waals surface area contributed by atoms with E-state index in [0.29, 0.717) is 26.4 Å². The Balaban J connectivity index is 2.03. The van der Waals surface area contributed by atoms with Gasteiger partial charge in [0.1, 0.15) is 16.8 Å². The van der Waals surface area contributed by atoms with Gasteiger partial charge in [0.25, 0.3) is 5.56 Å². The highest BCUT2D eigenvalue weighted by Crippen LogP contribution is 2.40. The van der Waals surface area contributed by atoms with Gasteiger partial charge >= 0.3 is 7.60 Å². The first kappa shape index (κ1) is 16.5. The van der Waals surface area contributed by atoms with Gasteiger partial charge in [0, 0.05) is 16.9 Å². The van der Waals surface area contributed by atoms with Gasteiger partial charge in [-0.2, -0.15) is 0 Å². The van der Waals surface area contributed by atoms with E-state index >= 15 is 0 Å². The molecule has 0 aliphatic carbocycles. The molecular weight excluding hydrogens is 353 g/mol. The Labute approximate surface area is 139 Å². The zero-order valence-corrected chi connectivity index (χ0v) is 13.7. The summed E-state index contributed by atoms with van der Waals surface area (Å²) in [7, 11) is -4.32. The van der Waals surface area contributed by atoms with Crippen molar-refractivity contribution in [2.75, 3.05) is 0 Å². The molecule has 0 fully saturated rings. The van der Waals surface area contributed by atoms with Crippen LogP contribution in [-0.2, 0) is 4.57 Å². The molecule has 8 nitrogen and oxygen atoms in total. The van der Waals surface area contributed by atoms with Crippen LogP contribution in [0.15, 0.2) is 51.1 Å².